The summed E-state index contributed by atoms with van der Waals surface area (Å²) in [6.07, 6.45) is -4.41. The van der Waals surface area contributed by atoms with Gasteiger partial charge in [-0.1, -0.05) is 18.1 Å². The average molecular weight is 365 g/mol. The van der Waals surface area contributed by atoms with Crippen molar-refractivity contribution in [3.63, 3.8) is 0 Å². The lowest BCUT2D eigenvalue weighted by molar-refractivity contribution is -0.140. The smallest absolute Gasteiger partial charge is 0.408 e. The topological polar surface area (TPSA) is 68.0 Å². The van der Waals surface area contributed by atoms with Gasteiger partial charge in [-0.2, -0.15) is 13.2 Å². The van der Waals surface area contributed by atoms with E-state index in [4.69, 9.17) is 4.42 Å². The van der Waals surface area contributed by atoms with Crippen LogP contribution in [0.3, 0.4) is 0 Å². The first-order chi connectivity index (χ1) is 11.2. The zero-order valence-electron chi connectivity index (χ0n) is 12.9. The van der Waals surface area contributed by atoms with Crippen LogP contribution in [0.2, 0.25) is 0 Å². The third-order valence-electron chi connectivity index (χ3n) is 3.06. The van der Waals surface area contributed by atoms with E-state index in [2.05, 4.69) is 15.5 Å². The molecule has 0 aliphatic heterocycles. The van der Waals surface area contributed by atoms with Gasteiger partial charge < -0.3 is 9.73 Å². The van der Waals surface area contributed by atoms with E-state index in [1.54, 1.807) is 13.8 Å². The highest BCUT2D eigenvalue weighted by atomic mass is 32.2. The summed E-state index contributed by atoms with van der Waals surface area (Å²) in [7, 11) is -2.08. The molecule has 1 aromatic heterocycles. The van der Waals surface area contributed by atoms with Gasteiger partial charge in [0.05, 0.1) is 21.3 Å². The highest BCUT2D eigenvalue weighted by Crippen LogP contribution is 2.36. The van der Waals surface area contributed by atoms with Gasteiger partial charge in [0.2, 0.25) is 5.89 Å². The van der Waals surface area contributed by atoms with Gasteiger partial charge in [0.25, 0.3) is 0 Å². The number of anilines is 1. The van der Waals surface area contributed by atoms with Crippen LogP contribution in [-0.4, -0.2) is 20.2 Å². The molecule has 5 nitrogen and oxygen atoms in total. The normalized spacial score (nSPS) is 13.1. The molecule has 0 spiro atoms. The molecule has 0 amide bonds. The molecule has 24 heavy (non-hydrogen) atoms. The summed E-state index contributed by atoms with van der Waals surface area (Å²) in [6.45, 7) is 3.04. The van der Waals surface area contributed by atoms with Gasteiger partial charge in [0.1, 0.15) is 5.82 Å². The van der Waals surface area contributed by atoms with Crippen molar-refractivity contribution in [1.82, 2.24) is 10.2 Å². The second-order valence-electron chi connectivity index (χ2n) is 4.94. The lowest BCUT2D eigenvalue weighted by Crippen LogP contribution is -2.15. The zero-order chi connectivity index (χ0) is 17.9. The number of rotatable bonds is 6. The van der Waals surface area contributed by atoms with E-state index in [0.717, 1.165) is 12.1 Å². The molecule has 2 rings (SSSR count). The number of halogens is 4. The van der Waals surface area contributed by atoms with E-state index in [1.165, 1.54) is 0 Å². The van der Waals surface area contributed by atoms with Crippen LogP contribution in [0.25, 0.3) is 0 Å². The van der Waals surface area contributed by atoms with E-state index in [0.29, 0.717) is 6.42 Å². The van der Waals surface area contributed by atoms with Gasteiger partial charge in [-0.25, -0.2) is 4.39 Å². The third-order valence-corrected chi connectivity index (χ3v) is 4.69. The van der Waals surface area contributed by atoms with Gasteiger partial charge in [-0.3, -0.25) is 4.21 Å². The van der Waals surface area contributed by atoms with E-state index < -0.39 is 33.3 Å². The monoisotopic (exact) mass is 365 g/mol. The van der Waals surface area contributed by atoms with Gasteiger partial charge in [0, 0.05) is 24.8 Å². The van der Waals surface area contributed by atoms with Crippen LogP contribution in [0.1, 0.15) is 30.4 Å². The van der Waals surface area contributed by atoms with Crippen molar-refractivity contribution in [3.8, 4) is 0 Å². The number of nitrogens with zero attached hydrogens (tertiary/aromatic N) is 2. The van der Waals surface area contributed by atoms with Crippen molar-refractivity contribution >= 4 is 16.8 Å². The first kappa shape index (κ1) is 18.4. The molecule has 132 valence electrons. The highest BCUT2D eigenvalue weighted by molar-refractivity contribution is 7.85. The van der Waals surface area contributed by atoms with Gasteiger partial charge >= 0.3 is 12.2 Å². The number of benzene rings is 1. The summed E-state index contributed by atoms with van der Waals surface area (Å²) in [5.41, 5.74) is -1.29. The highest BCUT2D eigenvalue weighted by Gasteiger charge is 2.37. The molecule has 1 unspecified atom stereocenters. The zero-order valence-corrected chi connectivity index (χ0v) is 13.7. The summed E-state index contributed by atoms with van der Waals surface area (Å²) < 4.78 is 70.9. The van der Waals surface area contributed by atoms with Crippen molar-refractivity contribution in [1.29, 1.82) is 0 Å². The molecule has 1 N–H and O–H groups in total. The number of alkyl halides is 3. The van der Waals surface area contributed by atoms with Gasteiger partial charge in [0.15, 0.2) is 0 Å². The average Bonchev–Trinajstić information content (AvgIpc) is 2.90. The fourth-order valence-corrected chi connectivity index (χ4v) is 3.34. The van der Waals surface area contributed by atoms with E-state index >= 15 is 0 Å². The molecule has 1 atom stereocenters. The van der Waals surface area contributed by atoms with Gasteiger partial charge in [-0.15, -0.1) is 5.10 Å². The second-order valence-corrected chi connectivity index (χ2v) is 6.45. The molecule has 10 heteroatoms. The second kappa shape index (κ2) is 7.29. The minimum absolute atomic E-state index is 0.0167. The van der Waals surface area contributed by atoms with Crippen LogP contribution >= 0.6 is 0 Å². The molecule has 0 aliphatic carbocycles. The Hall–Kier alpha value is -1.97. The first-order valence-electron chi connectivity index (χ1n) is 7.05. The third kappa shape index (κ3) is 4.11. The Bertz CT molecular complexity index is 746. The van der Waals surface area contributed by atoms with Crippen molar-refractivity contribution in [3.05, 3.63) is 35.0 Å². The SMILES string of the molecule is CCCS(=O)c1c(C(F)(F)F)ccc(CNc2nnc(C)o2)c1F. The van der Waals surface area contributed by atoms with Gasteiger partial charge in [-0.05, 0) is 12.5 Å². The molecule has 2 aromatic rings. The van der Waals surface area contributed by atoms with Crippen molar-refractivity contribution in [2.75, 3.05) is 11.1 Å². The van der Waals surface area contributed by atoms with E-state index in [9.17, 15) is 21.8 Å². The molecular formula is C14H15F4N3O2S. The van der Waals surface area contributed by atoms with Crippen molar-refractivity contribution in [2.45, 2.75) is 37.9 Å². The summed E-state index contributed by atoms with van der Waals surface area (Å²) in [4.78, 5) is -0.814. The Morgan fingerprint density at radius 1 is 1.29 bits per heavy atom. The predicted molar refractivity (Wildman–Crippen MR) is 79.3 cm³/mol. The van der Waals surface area contributed by atoms with Crippen LogP contribution in [0.5, 0.6) is 0 Å². The summed E-state index contributed by atoms with van der Waals surface area (Å²) in [5.74, 6) is -0.907. The standard InChI is InChI=1S/C14H15F4N3O2S/c1-3-6-24(22)12-10(14(16,17)18)5-4-9(11(12)15)7-19-13-21-20-8(2)23-13/h4-5H,3,6-7H2,1-2H3,(H,19,21). The molecule has 0 saturated heterocycles. The molecule has 0 aliphatic rings. The number of hydrogen-bond donors (Lipinski definition) is 1. The number of aryl methyl sites for hydroxylation is 1. The van der Waals surface area contributed by atoms with Crippen LogP contribution < -0.4 is 5.32 Å². The molecule has 0 fully saturated rings. The quantitative estimate of drug-likeness (QED) is 0.791. The summed E-state index contributed by atoms with van der Waals surface area (Å²) in [6, 6.07) is 1.76. The maximum Gasteiger partial charge on any atom is 0.417 e. The van der Waals surface area contributed by atoms with Crippen LogP contribution in [-0.2, 0) is 23.5 Å². The largest absolute Gasteiger partial charge is 0.417 e. The van der Waals surface area contributed by atoms with Crippen molar-refractivity contribution in [2.24, 2.45) is 0 Å². The molecule has 0 radical (unpaired) electrons. The Balaban J connectivity index is 2.36. The predicted octanol–water partition coefficient (Wildman–Crippen LogP) is 3.67. The van der Waals surface area contributed by atoms with E-state index in [-0.39, 0.29) is 29.8 Å². The lowest BCUT2D eigenvalue weighted by atomic mass is 10.1. The first-order valence-corrected chi connectivity index (χ1v) is 8.36. The van der Waals surface area contributed by atoms with Crippen molar-refractivity contribution < 1.29 is 26.2 Å². The number of aromatic nitrogens is 2. The number of nitrogens with one attached hydrogen (secondary N) is 1. The maximum absolute atomic E-state index is 14.5. The maximum atomic E-state index is 14.5. The van der Waals surface area contributed by atoms with Crippen LogP contribution in [0.4, 0.5) is 23.6 Å². The van der Waals surface area contributed by atoms with E-state index in [1.807, 2.05) is 0 Å². The fourth-order valence-electron chi connectivity index (χ4n) is 2.01. The lowest BCUT2D eigenvalue weighted by Gasteiger charge is -2.15. The Kier molecular flexibility index (Phi) is 5.58. The van der Waals surface area contributed by atoms with Crippen LogP contribution in [0, 0.1) is 12.7 Å². The Labute approximate surface area is 137 Å². The summed E-state index contributed by atoms with van der Waals surface area (Å²) in [5, 5.41) is 9.83. The molecular weight excluding hydrogens is 350 g/mol. The molecule has 1 aromatic carbocycles. The minimum atomic E-state index is -4.78. The Morgan fingerprint density at radius 2 is 2.00 bits per heavy atom. The molecule has 0 saturated carbocycles. The minimum Gasteiger partial charge on any atom is -0.408 e. The molecule has 1 heterocycles. The fraction of sp³-hybridized carbons (Fsp3) is 0.429. The van der Waals surface area contributed by atoms with Crippen LogP contribution in [0.15, 0.2) is 21.4 Å². The summed E-state index contributed by atoms with van der Waals surface area (Å²) >= 11 is 0. The number of hydrogen-bond acceptors (Lipinski definition) is 5. The Morgan fingerprint density at radius 3 is 2.54 bits per heavy atom. The molecule has 0 bridgehead atoms.